The van der Waals surface area contributed by atoms with E-state index in [1.165, 1.54) is 6.26 Å². The minimum Gasteiger partial charge on any atom is -0.229 e. The van der Waals surface area contributed by atoms with Gasteiger partial charge in [-0.05, 0) is 11.1 Å². The molecule has 13 heavy (non-hydrogen) atoms. The Labute approximate surface area is 78.8 Å². The van der Waals surface area contributed by atoms with E-state index in [9.17, 15) is 8.42 Å². The van der Waals surface area contributed by atoms with Crippen LogP contribution in [-0.2, 0) is 9.84 Å². The van der Waals surface area contributed by atoms with Crippen molar-refractivity contribution in [2.75, 3.05) is 12.0 Å². The van der Waals surface area contributed by atoms with Crippen LogP contribution in [0.5, 0.6) is 0 Å². The molecule has 0 saturated heterocycles. The van der Waals surface area contributed by atoms with Crippen LogP contribution in [0.3, 0.4) is 0 Å². The van der Waals surface area contributed by atoms with E-state index in [1.54, 1.807) is 0 Å². The fourth-order valence-corrected chi connectivity index (χ4v) is 1.87. The Morgan fingerprint density at radius 2 is 1.85 bits per heavy atom. The number of rotatable bonds is 3. The highest BCUT2D eigenvalue weighted by Gasteiger charge is 2.06. The third-order valence-corrected chi connectivity index (χ3v) is 2.49. The molecule has 0 atom stereocenters. The molecule has 0 saturated carbocycles. The molecule has 0 fully saturated rings. The van der Waals surface area contributed by atoms with Crippen LogP contribution >= 0.6 is 0 Å². The lowest BCUT2D eigenvalue weighted by atomic mass is 10.1. The predicted molar refractivity (Wildman–Crippen MR) is 55.2 cm³/mol. The molecule has 2 nitrogen and oxygen atoms in total. The first-order valence-electron chi connectivity index (χ1n) is 3.90. The molecule has 0 N–H and O–H groups in total. The summed E-state index contributed by atoms with van der Waals surface area (Å²) in [5.41, 5.74) is 1.52. The van der Waals surface area contributed by atoms with Crippen molar-refractivity contribution in [2.24, 2.45) is 0 Å². The fraction of sp³-hybridized carbons (Fsp3) is 0.200. The van der Waals surface area contributed by atoms with Gasteiger partial charge in [0.15, 0.2) is 9.84 Å². The molecule has 0 heterocycles. The average molecular weight is 196 g/mol. The van der Waals surface area contributed by atoms with Crippen molar-refractivity contribution in [2.45, 2.75) is 0 Å². The van der Waals surface area contributed by atoms with Gasteiger partial charge in [-0.1, -0.05) is 36.9 Å². The molecular weight excluding hydrogens is 184 g/mol. The van der Waals surface area contributed by atoms with Gasteiger partial charge in [-0.25, -0.2) is 8.42 Å². The number of sulfone groups is 1. The SMILES string of the molecule is C=C(CS(C)(=O)=O)c1ccccc1. The summed E-state index contributed by atoms with van der Waals surface area (Å²) in [5.74, 6) is 0.0248. The summed E-state index contributed by atoms with van der Waals surface area (Å²) in [6.07, 6.45) is 1.21. The Morgan fingerprint density at radius 1 is 1.31 bits per heavy atom. The topological polar surface area (TPSA) is 34.1 Å². The molecule has 0 unspecified atom stereocenters. The second kappa shape index (κ2) is 3.75. The Kier molecular flexibility index (Phi) is 2.88. The Hall–Kier alpha value is -1.09. The quantitative estimate of drug-likeness (QED) is 0.738. The molecule has 0 aliphatic carbocycles. The molecule has 0 spiro atoms. The van der Waals surface area contributed by atoms with E-state index in [0.717, 1.165) is 5.56 Å². The zero-order valence-electron chi connectivity index (χ0n) is 7.53. The minimum atomic E-state index is -2.97. The predicted octanol–water partition coefficient (Wildman–Crippen LogP) is 1.74. The van der Waals surface area contributed by atoms with Gasteiger partial charge < -0.3 is 0 Å². The van der Waals surface area contributed by atoms with E-state index < -0.39 is 9.84 Å². The number of hydrogen-bond acceptors (Lipinski definition) is 2. The lowest BCUT2D eigenvalue weighted by Gasteiger charge is -2.03. The van der Waals surface area contributed by atoms with E-state index >= 15 is 0 Å². The normalized spacial score (nSPS) is 11.2. The molecule has 1 aromatic rings. The van der Waals surface area contributed by atoms with Crippen molar-refractivity contribution in [3.63, 3.8) is 0 Å². The summed E-state index contributed by atoms with van der Waals surface area (Å²) in [6.45, 7) is 3.73. The molecule has 0 aromatic heterocycles. The zero-order chi connectivity index (χ0) is 9.90. The molecule has 1 rings (SSSR count). The Balaban J connectivity index is 2.82. The third-order valence-electron chi connectivity index (χ3n) is 1.62. The van der Waals surface area contributed by atoms with Crippen molar-refractivity contribution in [3.8, 4) is 0 Å². The van der Waals surface area contributed by atoms with Gasteiger partial charge in [-0.2, -0.15) is 0 Å². The van der Waals surface area contributed by atoms with Crippen molar-refractivity contribution in [1.82, 2.24) is 0 Å². The summed E-state index contributed by atoms with van der Waals surface area (Å²) in [6, 6.07) is 9.32. The first kappa shape index (κ1) is 9.99. The van der Waals surface area contributed by atoms with Gasteiger partial charge >= 0.3 is 0 Å². The van der Waals surface area contributed by atoms with Crippen molar-refractivity contribution >= 4 is 15.4 Å². The highest BCUT2D eigenvalue weighted by atomic mass is 32.2. The van der Waals surface area contributed by atoms with E-state index in [2.05, 4.69) is 6.58 Å². The monoisotopic (exact) mass is 196 g/mol. The van der Waals surface area contributed by atoms with Gasteiger partial charge in [0.25, 0.3) is 0 Å². The molecule has 0 aliphatic heterocycles. The number of benzene rings is 1. The molecule has 3 heteroatoms. The first-order valence-corrected chi connectivity index (χ1v) is 5.96. The van der Waals surface area contributed by atoms with Crippen molar-refractivity contribution in [3.05, 3.63) is 42.5 Å². The van der Waals surface area contributed by atoms with Crippen LogP contribution in [0.4, 0.5) is 0 Å². The second-order valence-corrected chi connectivity index (χ2v) is 5.18. The van der Waals surface area contributed by atoms with Crippen LogP contribution in [0, 0.1) is 0 Å². The molecule has 0 bridgehead atoms. The second-order valence-electron chi connectivity index (χ2n) is 3.04. The van der Waals surface area contributed by atoms with Crippen LogP contribution in [0.25, 0.3) is 5.57 Å². The van der Waals surface area contributed by atoms with E-state index in [1.807, 2.05) is 30.3 Å². The van der Waals surface area contributed by atoms with E-state index in [0.29, 0.717) is 5.57 Å². The van der Waals surface area contributed by atoms with Gasteiger partial charge in [-0.15, -0.1) is 0 Å². The van der Waals surface area contributed by atoms with Crippen LogP contribution in [0.15, 0.2) is 36.9 Å². The lowest BCUT2D eigenvalue weighted by molar-refractivity contribution is 0.605. The summed E-state index contributed by atoms with van der Waals surface area (Å²) >= 11 is 0. The zero-order valence-corrected chi connectivity index (χ0v) is 8.34. The Bertz CT molecular complexity index is 390. The standard InChI is InChI=1S/C10H12O2S/c1-9(8-13(2,11)12)10-6-4-3-5-7-10/h3-7H,1,8H2,2H3. The van der Waals surface area contributed by atoms with Crippen LogP contribution in [-0.4, -0.2) is 20.4 Å². The molecule has 1 aromatic carbocycles. The fourth-order valence-electron chi connectivity index (χ4n) is 1.07. The van der Waals surface area contributed by atoms with Crippen molar-refractivity contribution in [1.29, 1.82) is 0 Å². The van der Waals surface area contributed by atoms with E-state index in [-0.39, 0.29) is 5.75 Å². The van der Waals surface area contributed by atoms with Gasteiger partial charge in [0.2, 0.25) is 0 Å². The van der Waals surface area contributed by atoms with Crippen LogP contribution in [0.1, 0.15) is 5.56 Å². The summed E-state index contributed by atoms with van der Waals surface area (Å²) in [5, 5.41) is 0. The average Bonchev–Trinajstić information content (AvgIpc) is 2.03. The Morgan fingerprint density at radius 3 is 2.31 bits per heavy atom. The van der Waals surface area contributed by atoms with Crippen LogP contribution < -0.4 is 0 Å². The lowest BCUT2D eigenvalue weighted by Crippen LogP contribution is -2.04. The summed E-state index contributed by atoms with van der Waals surface area (Å²) in [4.78, 5) is 0. The van der Waals surface area contributed by atoms with Gasteiger partial charge in [0.1, 0.15) is 0 Å². The highest BCUT2D eigenvalue weighted by Crippen LogP contribution is 2.12. The van der Waals surface area contributed by atoms with Gasteiger partial charge in [0.05, 0.1) is 5.75 Å². The largest absolute Gasteiger partial charge is 0.229 e. The van der Waals surface area contributed by atoms with E-state index in [4.69, 9.17) is 0 Å². The maximum absolute atomic E-state index is 11.0. The number of hydrogen-bond donors (Lipinski definition) is 0. The molecule has 0 amide bonds. The minimum absolute atomic E-state index is 0.0248. The smallest absolute Gasteiger partial charge is 0.151 e. The maximum atomic E-state index is 11.0. The molecule has 0 radical (unpaired) electrons. The van der Waals surface area contributed by atoms with Gasteiger partial charge in [-0.3, -0.25) is 0 Å². The van der Waals surface area contributed by atoms with Crippen molar-refractivity contribution < 1.29 is 8.42 Å². The molecular formula is C10H12O2S. The third kappa shape index (κ3) is 3.42. The summed E-state index contributed by atoms with van der Waals surface area (Å²) in [7, 11) is -2.97. The maximum Gasteiger partial charge on any atom is 0.151 e. The first-order chi connectivity index (χ1) is 5.99. The van der Waals surface area contributed by atoms with Gasteiger partial charge in [0, 0.05) is 6.26 Å². The highest BCUT2D eigenvalue weighted by molar-refractivity contribution is 7.91. The molecule has 70 valence electrons. The summed E-state index contributed by atoms with van der Waals surface area (Å²) < 4.78 is 21.9. The van der Waals surface area contributed by atoms with Crippen LogP contribution in [0.2, 0.25) is 0 Å². The molecule has 0 aliphatic rings.